The highest BCUT2D eigenvalue weighted by Gasteiger charge is 2.32. The predicted octanol–water partition coefficient (Wildman–Crippen LogP) is 2.38. The van der Waals surface area contributed by atoms with Crippen LogP contribution in [0.5, 0.6) is 0 Å². The Morgan fingerprint density at radius 3 is 2.60 bits per heavy atom. The lowest BCUT2D eigenvalue weighted by molar-refractivity contribution is -0.145. The summed E-state index contributed by atoms with van der Waals surface area (Å²) in [6.07, 6.45) is 7.89. The Morgan fingerprint density at radius 2 is 2.00 bits per heavy atom. The van der Waals surface area contributed by atoms with Gasteiger partial charge in [-0.15, -0.1) is 0 Å². The lowest BCUT2D eigenvalue weighted by Crippen LogP contribution is -2.39. The molecule has 1 aliphatic carbocycles. The van der Waals surface area contributed by atoms with Gasteiger partial charge in [0.25, 0.3) is 0 Å². The van der Waals surface area contributed by atoms with E-state index in [2.05, 4.69) is 6.92 Å². The van der Waals surface area contributed by atoms with E-state index in [0.717, 1.165) is 44.9 Å². The molecule has 0 unspecified atom stereocenters. The summed E-state index contributed by atoms with van der Waals surface area (Å²) in [5, 5.41) is 0. The van der Waals surface area contributed by atoms with Crippen LogP contribution in [-0.2, 0) is 9.53 Å². The van der Waals surface area contributed by atoms with Crippen molar-refractivity contribution >= 4 is 5.97 Å². The van der Waals surface area contributed by atoms with Gasteiger partial charge in [-0.25, -0.2) is 0 Å². The molecule has 1 fully saturated rings. The van der Waals surface area contributed by atoms with E-state index in [9.17, 15) is 4.79 Å². The SMILES string of the molecule is CCCCCOC(=O)CC1(N)CCCC1. The molecule has 0 aliphatic heterocycles. The molecule has 1 aliphatic rings. The second-order valence-electron chi connectivity index (χ2n) is 4.67. The maximum atomic E-state index is 11.5. The first-order valence-corrected chi connectivity index (χ1v) is 6.11. The maximum Gasteiger partial charge on any atom is 0.307 e. The van der Waals surface area contributed by atoms with Gasteiger partial charge in [0.15, 0.2) is 0 Å². The average Bonchev–Trinajstić information content (AvgIpc) is 2.59. The summed E-state index contributed by atoms with van der Waals surface area (Å²) in [7, 11) is 0. The number of esters is 1. The summed E-state index contributed by atoms with van der Waals surface area (Å²) in [5.74, 6) is -0.115. The first-order valence-electron chi connectivity index (χ1n) is 6.11. The maximum absolute atomic E-state index is 11.5. The predicted molar refractivity (Wildman–Crippen MR) is 60.5 cm³/mol. The summed E-state index contributed by atoms with van der Waals surface area (Å²) < 4.78 is 5.15. The number of ether oxygens (including phenoxy) is 1. The first kappa shape index (κ1) is 12.5. The smallest absolute Gasteiger partial charge is 0.307 e. The summed E-state index contributed by atoms with van der Waals surface area (Å²) in [4.78, 5) is 11.5. The van der Waals surface area contributed by atoms with Crippen molar-refractivity contribution in [2.45, 2.75) is 63.8 Å². The third-order valence-electron chi connectivity index (χ3n) is 3.11. The highest BCUT2D eigenvalue weighted by atomic mass is 16.5. The summed E-state index contributed by atoms with van der Waals surface area (Å²) >= 11 is 0. The molecule has 0 amide bonds. The number of carbonyl (C=O) groups excluding carboxylic acids is 1. The molecule has 0 atom stereocenters. The van der Waals surface area contributed by atoms with Crippen LogP contribution in [0.2, 0.25) is 0 Å². The number of unbranched alkanes of at least 4 members (excludes halogenated alkanes) is 2. The van der Waals surface area contributed by atoms with E-state index in [4.69, 9.17) is 10.5 Å². The molecule has 0 radical (unpaired) electrons. The van der Waals surface area contributed by atoms with E-state index < -0.39 is 0 Å². The quantitative estimate of drug-likeness (QED) is 0.544. The van der Waals surface area contributed by atoms with Crippen molar-refractivity contribution in [1.29, 1.82) is 0 Å². The van der Waals surface area contributed by atoms with Crippen molar-refractivity contribution < 1.29 is 9.53 Å². The van der Waals surface area contributed by atoms with Gasteiger partial charge in [0.05, 0.1) is 13.0 Å². The molecule has 0 saturated heterocycles. The van der Waals surface area contributed by atoms with E-state index in [0.29, 0.717) is 13.0 Å². The van der Waals surface area contributed by atoms with Crippen molar-refractivity contribution in [3.63, 3.8) is 0 Å². The van der Waals surface area contributed by atoms with Gasteiger partial charge in [-0.05, 0) is 19.3 Å². The van der Waals surface area contributed by atoms with Crippen LogP contribution in [0.15, 0.2) is 0 Å². The minimum Gasteiger partial charge on any atom is -0.466 e. The topological polar surface area (TPSA) is 52.3 Å². The minimum atomic E-state index is -0.262. The number of rotatable bonds is 6. The zero-order valence-electron chi connectivity index (χ0n) is 9.76. The van der Waals surface area contributed by atoms with Crippen LogP contribution in [-0.4, -0.2) is 18.1 Å². The molecule has 1 saturated carbocycles. The van der Waals surface area contributed by atoms with Gasteiger partial charge in [0.1, 0.15) is 0 Å². The zero-order valence-corrected chi connectivity index (χ0v) is 9.76. The van der Waals surface area contributed by atoms with Crippen LogP contribution in [0.25, 0.3) is 0 Å². The molecular formula is C12H23NO2. The fourth-order valence-corrected chi connectivity index (χ4v) is 2.13. The van der Waals surface area contributed by atoms with Crippen molar-refractivity contribution in [3.05, 3.63) is 0 Å². The molecule has 3 heteroatoms. The highest BCUT2D eigenvalue weighted by Crippen LogP contribution is 2.30. The monoisotopic (exact) mass is 213 g/mol. The molecule has 0 heterocycles. The van der Waals surface area contributed by atoms with Crippen molar-refractivity contribution in [2.24, 2.45) is 5.73 Å². The van der Waals surface area contributed by atoms with Gasteiger partial charge < -0.3 is 10.5 Å². The van der Waals surface area contributed by atoms with Crippen LogP contribution in [0.1, 0.15) is 58.3 Å². The molecule has 15 heavy (non-hydrogen) atoms. The molecule has 0 aromatic carbocycles. The number of carbonyl (C=O) groups is 1. The molecular weight excluding hydrogens is 190 g/mol. The zero-order chi connectivity index (χ0) is 11.1. The Balaban J connectivity index is 2.12. The lowest BCUT2D eigenvalue weighted by Gasteiger charge is -2.21. The number of hydrogen-bond donors (Lipinski definition) is 1. The normalized spacial score (nSPS) is 19.1. The molecule has 0 aromatic rings. The van der Waals surface area contributed by atoms with Crippen LogP contribution >= 0.6 is 0 Å². The van der Waals surface area contributed by atoms with E-state index >= 15 is 0 Å². The van der Waals surface area contributed by atoms with Gasteiger partial charge >= 0.3 is 5.97 Å². The van der Waals surface area contributed by atoms with Crippen LogP contribution in [0, 0.1) is 0 Å². The Bertz CT molecular complexity index is 198. The van der Waals surface area contributed by atoms with Crippen molar-refractivity contribution in [3.8, 4) is 0 Å². The molecule has 0 bridgehead atoms. The number of hydrogen-bond acceptors (Lipinski definition) is 3. The highest BCUT2D eigenvalue weighted by molar-refractivity contribution is 5.70. The van der Waals surface area contributed by atoms with Gasteiger partial charge in [-0.1, -0.05) is 32.6 Å². The summed E-state index contributed by atoms with van der Waals surface area (Å²) in [5.41, 5.74) is 5.83. The lowest BCUT2D eigenvalue weighted by atomic mass is 9.95. The number of nitrogens with two attached hydrogens (primary N) is 1. The van der Waals surface area contributed by atoms with E-state index in [-0.39, 0.29) is 11.5 Å². The largest absolute Gasteiger partial charge is 0.466 e. The van der Waals surface area contributed by atoms with E-state index in [1.54, 1.807) is 0 Å². The third kappa shape index (κ3) is 4.65. The molecule has 0 aromatic heterocycles. The van der Waals surface area contributed by atoms with Crippen LogP contribution in [0.4, 0.5) is 0 Å². The average molecular weight is 213 g/mol. The molecule has 2 N–H and O–H groups in total. The molecule has 1 rings (SSSR count). The van der Waals surface area contributed by atoms with Crippen molar-refractivity contribution in [1.82, 2.24) is 0 Å². The summed E-state index contributed by atoms with van der Waals surface area (Å²) in [6.45, 7) is 2.69. The minimum absolute atomic E-state index is 0.115. The molecule has 3 nitrogen and oxygen atoms in total. The fraction of sp³-hybridized carbons (Fsp3) is 0.917. The van der Waals surface area contributed by atoms with Gasteiger partial charge in [0, 0.05) is 5.54 Å². The van der Waals surface area contributed by atoms with E-state index in [1.165, 1.54) is 0 Å². The van der Waals surface area contributed by atoms with E-state index in [1.807, 2.05) is 0 Å². The Morgan fingerprint density at radius 1 is 1.33 bits per heavy atom. The molecule has 88 valence electrons. The second-order valence-corrected chi connectivity index (χ2v) is 4.67. The Labute approximate surface area is 92.4 Å². The second kappa shape index (κ2) is 6.11. The van der Waals surface area contributed by atoms with Crippen LogP contribution < -0.4 is 5.73 Å². The summed E-state index contributed by atoms with van der Waals surface area (Å²) in [6, 6.07) is 0. The van der Waals surface area contributed by atoms with Gasteiger partial charge in [-0.3, -0.25) is 4.79 Å². The third-order valence-corrected chi connectivity index (χ3v) is 3.11. The van der Waals surface area contributed by atoms with Crippen molar-refractivity contribution in [2.75, 3.05) is 6.61 Å². The van der Waals surface area contributed by atoms with Gasteiger partial charge in [-0.2, -0.15) is 0 Å². The molecule has 0 spiro atoms. The van der Waals surface area contributed by atoms with Crippen LogP contribution in [0.3, 0.4) is 0 Å². The Hall–Kier alpha value is -0.570. The standard InChI is InChI=1S/C12H23NO2/c1-2-3-6-9-15-11(14)10-12(13)7-4-5-8-12/h2-10,13H2,1H3. The van der Waals surface area contributed by atoms with Gasteiger partial charge in [0.2, 0.25) is 0 Å². The fourth-order valence-electron chi connectivity index (χ4n) is 2.13. The Kier molecular flexibility index (Phi) is 5.09. The first-order chi connectivity index (χ1) is 7.16.